The second-order valence-electron chi connectivity index (χ2n) is 5.36. The van der Waals surface area contributed by atoms with Crippen molar-refractivity contribution in [2.45, 2.75) is 19.8 Å². The maximum atomic E-state index is 5.50. The topological polar surface area (TPSA) is 41.0 Å². The van der Waals surface area contributed by atoms with Crippen LogP contribution < -0.4 is 5.32 Å². The molecule has 0 aliphatic carbocycles. The fourth-order valence-electron chi connectivity index (χ4n) is 2.46. The number of nitrogens with zero attached hydrogens (tertiary/aromatic N) is 3. The van der Waals surface area contributed by atoms with E-state index in [0.29, 0.717) is 0 Å². The van der Waals surface area contributed by atoms with Gasteiger partial charge in [0.25, 0.3) is 0 Å². The molecule has 1 saturated heterocycles. The lowest BCUT2D eigenvalue weighted by Crippen LogP contribution is -2.40. The number of anilines is 1. The van der Waals surface area contributed by atoms with E-state index in [4.69, 9.17) is 12.2 Å². The standard InChI is InChI=1S/C15H18N4S/c1-11-4-8-19(9-5-11)15(20)18-12-2-3-13-14(10-12)17-7-6-16-13/h2-3,6-7,10-11H,4-5,8-9H2,1H3,(H,18,20). The lowest BCUT2D eigenvalue weighted by atomic mass is 10.00. The molecule has 5 heteroatoms. The molecule has 2 aromatic rings. The zero-order valence-corrected chi connectivity index (χ0v) is 12.4. The van der Waals surface area contributed by atoms with Crippen LogP contribution in [0.2, 0.25) is 0 Å². The van der Waals surface area contributed by atoms with Crippen molar-refractivity contribution in [3.05, 3.63) is 30.6 Å². The van der Waals surface area contributed by atoms with E-state index < -0.39 is 0 Å². The van der Waals surface area contributed by atoms with E-state index in [1.165, 1.54) is 12.8 Å². The minimum Gasteiger partial charge on any atom is -0.349 e. The Balaban J connectivity index is 1.71. The highest BCUT2D eigenvalue weighted by molar-refractivity contribution is 7.80. The number of nitrogens with one attached hydrogen (secondary N) is 1. The van der Waals surface area contributed by atoms with Crippen molar-refractivity contribution in [3.63, 3.8) is 0 Å². The van der Waals surface area contributed by atoms with Crippen LogP contribution >= 0.6 is 12.2 Å². The van der Waals surface area contributed by atoms with Crippen LogP contribution in [0.15, 0.2) is 30.6 Å². The van der Waals surface area contributed by atoms with Crippen LogP contribution in [0, 0.1) is 5.92 Å². The highest BCUT2D eigenvalue weighted by atomic mass is 32.1. The van der Waals surface area contributed by atoms with Crippen molar-refractivity contribution in [2.24, 2.45) is 5.92 Å². The number of likely N-dealkylation sites (tertiary alicyclic amines) is 1. The summed E-state index contributed by atoms with van der Waals surface area (Å²) in [6.45, 7) is 4.39. The van der Waals surface area contributed by atoms with E-state index in [9.17, 15) is 0 Å². The summed E-state index contributed by atoms with van der Waals surface area (Å²) in [5.74, 6) is 0.810. The lowest BCUT2D eigenvalue weighted by Gasteiger charge is -2.32. The van der Waals surface area contributed by atoms with Gasteiger partial charge in [0, 0.05) is 31.2 Å². The fraction of sp³-hybridized carbons (Fsp3) is 0.400. The van der Waals surface area contributed by atoms with E-state index in [1.807, 2.05) is 18.2 Å². The number of piperidine rings is 1. The molecule has 0 radical (unpaired) electrons. The third-order valence-electron chi connectivity index (χ3n) is 3.79. The van der Waals surface area contributed by atoms with E-state index in [0.717, 1.165) is 40.8 Å². The largest absolute Gasteiger partial charge is 0.349 e. The van der Waals surface area contributed by atoms with Crippen LogP contribution in [0.1, 0.15) is 19.8 Å². The van der Waals surface area contributed by atoms with Crippen molar-refractivity contribution in [1.29, 1.82) is 0 Å². The zero-order chi connectivity index (χ0) is 13.9. The Labute approximate surface area is 124 Å². The van der Waals surface area contributed by atoms with Gasteiger partial charge in [-0.15, -0.1) is 0 Å². The van der Waals surface area contributed by atoms with Crippen LogP contribution in [0.25, 0.3) is 11.0 Å². The number of benzene rings is 1. The van der Waals surface area contributed by atoms with Crippen LogP contribution in [0.5, 0.6) is 0 Å². The van der Waals surface area contributed by atoms with Gasteiger partial charge >= 0.3 is 0 Å². The molecule has 2 heterocycles. The molecule has 1 aliphatic rings. The third kappa shape index (κ3) is 2.88. The van der Waals surface area contributed by atoms with Crippen molar-refractivity contribution >= 4 is 34.1 Å². The summed E-state index contributed by atoms with van der Waals surface area (Å²) in [7, 11) is 0. The van der Waals surface area contributed by atoms with Gasteiger partial charge in [0.15, 0.2) is 5.11 Å². The predicted molar refractivity (Wildman–Crippen MR) is 85.7 cm³/mol. The monoisotopic (exact) mass is 286 g/mol. The normalized spacial score (nSPS) is 16.4. The summed E-state index contributed by atoms with van der Waals surface area (Å²) in [6, 6.07) is 5.95. The van der Waals surface area contributed by atoms with Gasteiger partial charge in [0.2, 0.25) is 0 Å². The molecule has 0 saturated carbocycles. The van der Waals surface area contributed by atoms with Crippen molar-refractivity contribution in [1.82, 2.24) is 14.9 Å². The van der Waals surface area contributed by atoms with Crippen molar-refractivity contribution in [2.75, 3.05) is 18.4 Å². The molecule has 20 heavy (non-hydrogen) atoms. The SMILES string of the molecule is CC1CCN(C(=S)Nc2ccc3nccnc3c2)CC1. The molecule has 1 aromatic carbocycles. The first-order valence-corrected chi connectivity index (χ1v) is 7.40. The number of rotatable bonds is 1. The predicted octanol–water partition coefficient (Wildman–Crippen LogP) is 3.06. The van der Waals surface area contributed by atoms with Crippen LogP contribution in [0.3, 0.4) is 0 Å². The first-order chi connectivity index (χ1) is 9.72. The summed E-state index contributed by atoms with van der Waals surface area (Å²) in [5.41, 5.74) is 2.75. The molecule has 1 fully saturated rings. The average Bonchev–Trinajstić information content (AvgIpc) is 2.48. The lowest BCUT2D eigenvalue weighted by molar-refractivity contribution is 0.283. The van der Waals surface area contributed by atoms with Gasteiger partial charge in [0.1, 0.15) is 0 Å². The first-order valence-electron chi connectivity index (χ1n) is 6.99. The van der Waals surface area contributed by atoms with Crippen molar-refractivity contribution in [3.8, 4) is 0 Å². The summed E-state index contributed by atoms with van der Waals surface area (Å²) in [6.07, 6.45) is 5.83. The molecule has 3 rings (SSSR count). The Morgan fingerprint density at radius 1 is 1.20 bits per heavy atom. The molecule has 1 aromatic heterocycles. The van der Waals surface area contributed by atoms with Gasteiger partial charge in [-0.05, 0) is 49.2 Å². The Morgan fingerprint density at radius 2 is 1.90 bits per heavy atom. The highest BCUT2D eigenvalue weighted by Crippen LogP contribution is 2.19. The minimum absolute atomic E-state index is 0.806. The molecule has 0 spiro atoms. The molecule has 1 N–H and O–H groups in total. The fourth-order valence-corrected chi connectivity index (χ4v) is 2.76. The third-order valence-corrected chi connectivity index (χ3v) is 4.15. The molecule has 104 valence electrons. The molecule has 1 aliphatic heterocycles. The summed E-state index contributed by atoms with van der Waals surface area (Å²) >= 11 is 5.50. The molecular formula is C15H18N4S. The first kappa shape index (κ1) is 13.2. The quantitative estimate of drug-likeness (QED) is 0.816. The number of fused-ring (bicyclic) bond motifs is 1. The smallest absolute Gasteiger partial charge is 0.173 e. The molecule has 0 amide bonds. The van der Waals surface area contributed by atoms with Gasteiger partial charge in [-0.2, -0.15) is 0 Å². The molecular weight excluding hydrogens is 268 g/mol. The zero-order valence-electron chi connectivity index (χ0n) is 11.5. The maximum absolute atomic E-state index is 5.50. The molecule has 0 atom stereocenters. The van der Waals surface area contributed by atoms with Crippen LogP contribution in [-0.2, 0) is 0 Å². The number of aromatic nitrogens is 2. The Kier molecular flexibility index (Phi) is 3.78. The summed E-state index contributed by atoms with van der Waals surface area (Å²) in [5, 5.41) is 4.11. The number of hydrogen-bond donors (Lipinski definition) is 1. The summed E-state index contributed by atoms with van der Waals surface area (Å²) in [4.78, 5) is 10.8. The van der Waals surface area contributed by atoms with E-state index in [2.05, 4.69) is 27.1 Å². The summed E-state index contributed by atoms with van der Waals surface area (Å²) < 4.78 is 0. The average molecular weight is 286 g/mol. The van der Waals surface area contributed by atoms with Gasteiger partial charge < -0.3 is 10.2 Å². The Hall–Kier alpha value is -1.75. The van der Waals surface area contributed by atoms with Gasteiger partial charge in [0.05, 0.1) is 11.0 Å². The number of thiocarbonyl (C=S) groups is 1. The van der Waals surface area contributed by atoms with Gasteiger partial charge in [-0.1, -0.05) is 6.92 Å². The van der Waals surface area contributed by atoms with E-state index in [1.54, 1.807) is 12.4 Å². The highest BCUT2D eigenvalue weighted by Gasteiger charge is 2.17. The second-order valence-corrected chi connectivity index (χ2v) is 5.75. The Morgan fingerprint density at radius 3 is 2.65 bits per heavy atom. The maximum Gasteiger partial charge on any atom is 0.173 e. The number of hydrogen-bond acceptors (Lipinski definition) is 3. The van der Waals surface area contributed by atoms with E-state index >= 15 is 0 Å². The van der Waals surface area contributed by atoms with E-state index in [-0.39, 0.29) is 0 Å². The van der Waals surface area contributed by atoms with Crippen LogP contribution in [-0.4, -0.2) is 33.1 Å². The van der Waals surface area contributed by atoms with Gasteiger partial charge in [-0.25, -0.2) is 0 Å². The van der Waals surface area contributed by atoms with Crippen LogP contribution in [0.4, 0.5) is 5.69 Å². The molecule has 4 nitrogen and oxygen atoms in total. The molecule has 0 unspecified atom stereocenters. The molecule has 0 bridgehead atoms. The minimum atomic E-state index is 0.806. The van der Waals surface area contributed by atoms with Gasteiger partial charge in [-0.3, -0.25) is 9.97 Å². The Bertz CT molecular complexity index is 620. The second kappa shape index (κ2) is 5.71. The van der Waals surface area contributed by atoms with Crippen molar-refractivity contribution < 1.29 is 0 Å².